The normalized spacial score (nSPS) is 14.0. The summed E-state index contributed by atoms with van der Waals surface area (Å²) in [7, 11) is 1.19. The molecule has 0 heterocycles. The molecule has 112 valence electrons. The third-order valence-corrected chi connectivity index (χ3v) is 3.47. The fourth-order valence-corrected chi connectivity index (χ4v) is 1.98. The van der Waals surface area contributed by atoms with Gasteiger partial charge in [0.25, 0.3) is 0 Å². The van der Waals surface area contributed by atoms with Crippen LogP contribution in [0.15, 0.2) is 18.2 Å². The van der Waals surface area contributed by atoms with E-state index in [1.165, 1.54) is 27.0 Å². The highest BCUT2D eigenvalue weighted by atomic mass is 35.5. The topological polar surface area (TPSA) is 52.3 Å². The Balaban J connectivity index is 3.25. The number of hydrogen-bond donors (Lipinski definition) is 1. The molecule has 0 unspecified atom stereocenters. The zero-order chi connectivity index (χ0) is 15.7. The molecule has 1 atom stereocenters. The molecule has 1 aromatic rings. The molecule has 7 heteroatoms. The van der Waals surface area contributed by atoms with Crippen LogP contribution in [-0.2, 0) is 15.7 Å². The second-order valence-electron chi connectivity index (χ2n) is 4.93. The summed E-state index contributed by atoms with van der Waals surface area (Å²) in [4.78, 5) is 11.6. The molecule has 0 amide bonds. The smallest absolute Gasteiger partial charge is 0.417 e. The number of rotatable bonds is 3. The quantitative estimate of drug-likeness (QED) is 0.869. The van der Waals surface area contributed by atoms with E-state index in [0.717, 1.165) is 12.1 Å². The van der Waals surface area contributed by atoms with E-state index in [1.54, 1.807) is 0 Å². The van der Waals surface area contributed by atoms with Crippen molar-refractivity contribution in [2.24, 2.45) is 11.1 Å². The van der Waals surface area contributed by atoms with E-state index in [1.807, 2.05) is 0 Å². The van der Waals surface area contributed by atoms with Gasteiger partial charge >= 0.3 is 12.1 Å². The van der Waals surface area contributed by atoms with Gasteiger partial charge in [-0.15, -0.1) is 0 Å². The molecule has 0 aliphatic rings. The highest BCUT2D eigenvalue weighted by molar-refractivity contribution is 6.31. The van der Waals surface area contributed by atoms with Gasteiger partial charge in [0.1, 0.15) is 0 Å². The summed E-state index contributed by atoms with van der Waals surface area (Å²) in [5.41, 5.74) is 3.92. The number of carbonyl (C=O) groups excluding carboxylic acids is 1. The Morgan fingerprint density at radius 1 is 1.35 bits per heavy atom. The third-order valence-electron chi connectivity index (χ3n) is 3.14. The van der Waals surface area contributed by atoms with Crippen LogP contribution in [0.4, 0.5) is 13.2 Å². The van der Waals surface area contributed by atoms with Crippen molar-refractivity contribution in [1.82, 2.24) is 0 Å². The van der Waals surface area contributed by atoms with Crippen molar-refractivity contribution >= 4 is 17.6 Å². The minimum atomic E-state index is -4.58. The maximum atomic E-state index is 12.8. The van der Waals surface area contributed by atoms with Gasteiger partial charge in [-0.1, -0.05) is 17.7 Å². The molecule has 0 spiro atoms. The van der Waals surface area contributed by atoms with Gasteiger partial charge in [-0.2, -0.15) is 13.2 Å². The fraction of sp³-hybridized carbons (Fsp3) is 0.462. The van der Waals surface area contributed by atoms with E-state index in [-0.39, 0.29) is 5.56 Å². The maximum absolute atomic E-state index is 12.8. The molecular weight excluding hydrogens is 295 g/mol. The van der Waals surface area contributed by atoms with Crippen molar-refractivity contribution in [3.8, 4) is 0 Å². The predicted octanol–water partition coefficient (Wildman–Crippen LogP) is 3.56. The average molecular weight is 310 g/mol. The van der Waals surface area contributed by atoms with E-state index in [9.17, 15) is 18.0 Å². The van der Waals surface area contributed by atoms with Crippen LogP contribution in [0.1, 0.15) is 31.0 Å². The van der Waals surface area contributed by atoms with Gasteiger partial charge in [-0.3, -0.25) is 4.79 Å². The number of halogens is 4. The van der Waals surface area contributed by atoms with Crippen molar-refractivity contribution in [3.63, 3.8) is 0 Å². The maximum Gasteiger partial charge on any atom is 0.417 e. The number of methoxy groups -OCH3 is 1. The number of hydrogen-bond acceptors (Lipinski definition) is 3. The first-order valence-corrected chi connectivity index (χ1v) is 6.10. The zero-order valence-corrected chi connectivity index (χ0v) is 12.0. The van der Waals surface area contributed by atoms with Crippen LogP contribution in [0.25, 0.3) is 0 Å². The number of nitrogens with two attached hydrogens (primary N) is 1. The van der Waals surface area contributed by atoms with Gasteiger partial charge in [0.15, 0.2) is 0 Å². The molecule has 0 fully saturated rings. The van der Waals surface area contributed by atoms with Crippen LogP contribution >= 0.6 is 11.6 Å². The van der Waals surface area contributed by atoms with E-state index >= 15 is 0 Å². The molecule has 0 aliphatic heterocycles. The second-order valence-corrected chi connectivity index (χ2v) is 5.34. The number of carbonyl (C=O) groups is 1. The summed E-state index contributed by atoms with van der Waals surface area (Å²) in [6, 6.07) is 2.39. The molecule has 0 saturated carbocycles. The van der Waals surface area contributed by atoms with Crippen molar-refractivity contribution in [2.45, 2.75) is 26.1 Å². The highest BCUT2D eigenvalue weighted by Crippen LogP contribution is 2.39. The van der Waals surface area contributed by atoms with Crippen molar-refractivity contribution < 1.29 is 22.7 Å². The summed E-state index contributed by atoms with van der Waals surface area (Å²) in [5, 5.41) is -0.413. The van der Waals surface area contributed by atoms with Crippen LogP contribution in [0.2, 0.25) is 5.02 Å². The van der Waals surface area contributed by atoms with Gasteiger partial charge in [0, 0.05) is 6.04 Å². The average Bonchev–Trinajstić information content (AvgIpc) is 2.35. The van der Waals surface area contributed by atoms with Gasteiger partial charge < -0.3 is 10.5 Å². The Hall–Kier alpha value is -1.27. The van der Waals surface area contributed by atoms with Gasteiger partial charge in [0.05, 0.1) is 23.1 Å². The predicted molar refractivity (Wildman–Crippen MR) is 69.2 cm³/mol. The highest BCUT2D eigenvalue weighted by Gasteiger charge is 2.39. The lowest BCUT2D eigenvalue weighted by Gasteiger charge is -2.29. The minimum Gasteiger partial charge on any atom is -0.469 e. The molecule has 3 nitrogen and oxygen atoms in total. The van der Waals surface area contributed by atoms with E-state index in [0.29, 0.717) is 0 Å². The monoisotopic (exact) mass is 309 g/mol. The van der Waals surface area contributed by atoms with Gasteiger partial charge in [-0.05, 0) is 31.5 Å². The van der Waals surface area contributed by atoms with Crippen molar-refractivity contribution in [1.29, 1.82) is 0 Å². The first-order chi connectivity index (χ1) is 9.01. The van der Waals surface area contributed by atoms with Crippen molar-refractivity contribution in [2.75, 3.05) is 7.11 Å². The molecule has 0 bridgehead atoms. The van der Waals surface area contributed by atoms with E-state index < -0.39 is 34.2 Å². The lowest BCUT2D eigenvalue weighted by Crippen LogP contribution is -2.37. The van der Waals surface area contributed by atoms with E-state index in [2.05, 4.69) is 4.74 Å². The molecular formula is C13H15ClF3NO2. The summed E-state index contributed by atoms with van der Waals surface area (Å²) >= 11 is 5.54. The lowest BCUT2D eigenvalue weighted by atomic mass is 9.80. The Labute approximate surface area is 119 Å². The fourth-order valence-electron chi connectivity index (χ4n) is 1.76. The number of esters is 1. The summed E-state index contributed by atoms with van der Waals surface area (Å²) in [6.07, 6.45) is -4.58. The van der Waals surface area contributed by atoms with Gasteiger partial charge in [0.2, 0.25) is 0 Å². The molecule has 2 N–H and O–H groups in total. The van der Waals surface area contributed by atoms with E-state index in [4.69, 9.17) is 17.3 Å². The summed E-state index contributed by atoms with van der Waals surface area (Å²) in [5.74, 6) is -0.603. The standard InChI is InChI=1S/C13H15ClF3NO2/c1-12(2,11(19)20-3)10(18)7-4-5-9(14)8(6-7)13(15,16)17/h4-6,10H,18H2,1-3H3/t10-/m1/s1. The molecule has 1 rings (SSSR count). The number of alkyl halides is 3. The van der Waals surface area contributed by atoms with Crippen molar-refractivity contribution in [3.05, 3.63) is 34.3 Å². The van der Waals surface area contributed by atoms with Crippen LogP contribution in [0, 0.1) is 5.41 Å². The first-order valence-electron chi connectivity index (χ1n) is 5.72. The Morgan fingerprint density at radius 3 is 2.35 bits per heavy atom. The lowest BCUT2D eigenvalue weighted by molar-refractivity contribution is -0.152. The Kier molecular flexibility index (Phi) is 4.71. The molecule has 0 radical (unpaired) electrons. The first kappa shape index (κ1) is 16.8. The second kappa shape index (κ2) is 5.61. The third kappa shape index (κ3) is 3.24. The van der Waals surface area contributed by atoms with Crippen LogP contribution < -0.4 is 5.73 Å². The largest absolute Gasteiger partial charge is 0.469 e. The van der Waals surface area contributed by atoms with Gasteiger partial charge in [-0.25, -0.2) is 0 Å². The van der Waals surface area contributed by atoms with Crippen LogP contribution in [0.3, 0.4) is 0 Å². The summed E-state index contributed by atoms with van der Waals surface area (Å²) < 4.78 is 43.0. The SMILES string of the molecule is COC(=O)C(C)(C)[C@H](N)c1ccc(Cl)c(C(F)(F)F)c1. The minimum absolute atomic E-state index is 0.164. The number of benzene rings is 1. The summed E-state index contributed by atoms with van der Waals surface area (Å²) in [6.45, 7) is 3.01. The Morgan fingerprint density at radius 2 is 1.90 bits per heavy atom. The molecule has 0 aromatic heterocycles. The molecule has 20 heavy (non-hydrogen) atoms. The molecule has 0 saturated heterocycles. The molecule has 0 aliphatic carbocycles. The Bertz CT molecular complexity index is 515. The van der Waals surface area contributed by atoms with Crippen LogP contribution in [-0.4, -0.2) is 13.1 Å². The number of ether oxygens (including phenoxy) is 1. The zero-order valence-electron chi connectivity index (χ0n) is 11.2. The van der Waals surface area contributed by atoms with Crippen LogP contribution in [0.5, 0.6) is 0 Å². The molecule has 1 aromatic carbocycles.